The highest BCUT2D eigenvalue weighted by Gasteiger charge is 2.61. The predicted molar refractivity (Wildman–Crippen MR) is 85.3 cm³/mol. The van der Waals surface area contributed by atoms with Crippen LogP contribution in [0.1, 0.15) is 40.0 Å². The zero-order valence-corrected chi connectivity index (χ0v) is 15.0. The first kappa shape index (κ1) is 17.2. The molecule has 3 rings (SSSR count). The molecule has 1 saturated carbocycles. The lowest BCUT2D eigenvalue weighted by Gasteiger charge is -2.53. The molecule has 2 aliphatic heterocycles. The third-order valence-corrected chi connectivity index (χ3v) is 7.66. The molecular formula is C16H27NO5S. The first-order chi connectivity index (χ1) is 10.8. The van der Waals surface area contributed by atoms with Crippen LogP contribution in [-0.2, 0) is 24.3 Å². The summed E-state index contributed by atoms with van der Waals surface area (Å²) in [5, 5.41) is 0. The van der Waals surface area contributed by atoms with Gasteiger partial charge in [0.15, 0.2) is 0 Å². The lowest BCUT2D eigenvalue weighted by Crippen LogP contribution is -2.61. The van der Waals surface area contributed by atoms with Crippen LogP contribution in [0, 0.1) is 17.3 Å². The number of hydrogen-bond donors (Lipinski definition) is 0. The van der Waals surface area contributed by atoms with Crippen molar-refractivity contribution >= 4 is 16.0 Å². The number of ether oxygens (including phenoxy) is 2. The Bertz CT molecular complexity index is 565. The molecule has 3 fully saturated rings. The van der Waals surface area contributed by atoms with Gasteiger partial charge in [-0.15, -0.1) is 0 Å². The highest BCUT2D eigenvalue weighted by Crippen LogP contribution is 2.54. The van der Waals surface area contributed by atoms with Crippen LogP contribution in [-0.4, -0.2) is 56.3 Å². The topological polar surface area (TPSA) is 72.9 Å². The third kappa shape index (κ3) is 2.91. The highest BCUT2D eigenvalue weighted by molar-refractivity contribution is 7.89. The minimum atomic E-state index is -3.15. The number of nitrogens with zero attached hydrogens (tertiary/aromatic N) is 1. The Balaban J connectivity index is 1.54. The average molecular weight is 345 g/mol. The molecule has 0 aromatic heterocycles. The van der Waals surface area contributed by atoms with Crippen LogP contribution in [0.25, 0.3) is 0 Å². The van der Waals surface area contributed by atoms with Gasteiger partial charge in [0.05, 0.1) is 17.8 Å². The van der Waals surface area contributed by atoms with E-state index in [0.29, 0.717) is 31.8 Å². The number of carbonyl (C=O) groups excluding carboxylic acids is 1. The Morgan fingerprint density at radius 3 is 2.52 bits per heavy atom. The molecule has 132 valence electrons. The van der Waals surface area contributed by atoms with Gasteiger partial charge in [-0.3, -0.25) is 4.79 Å². The second kappa shape index (κ2) is 6.01. The molecule has 0 spiro atoms. The minimum absolute atomic E-state index is 0.0695. The zero-order valence-electron chi connectivity index (χ0n) is 14.2. The van der Waals surface area contributed by atoms with E-state index in [1.165, 1.54) is 4.31 Å². The van der Waals surface area contributed by atoms with Gasteiger partial charge in [-0.2, -0.15) is 0 Å². The largest absolute Gasteiger partial charge is 0.461 e. The minimum Gasteiger partial charge on any atom is -0.461 e. The van der Waals surface area contributed by atoms with E-state index >= 15 is 0 Å². The number of hydrogen-bond acceptors (Lipinski definition) is 5. The smallest absolute Gasteiger partial charge is 0.309 e. The van der Waals surface area contributed by atoms with Gasteiger partial charge in [0.25, 0.3) is 0 Å². The number of fused-ring (bicyclic) bond motifs is 1. The third-order valence-electron chi connectivity index (χ3n) is 5.78. The normalized spacial score (nSPS) is 34.7. The number of carbonyl (C=O) groups is 1. The first-order valence-corrected chi connectivity index (χ1v) is 10.2. The second-order valence-electron chi connectivity index (χ2n) is 7.50. The fourth-order valence-electron chi connectivity index (χ4n) is 4.29. The van der Waals surface area contributed by atoms with Crippen LogP contribution >= 0.6 is 0 Å². The van der Waals surface area contributed by atoms with Crippen molar-refractivity contribution in [3.05, 3.63) is 0 Å². The molecule has 2 saturated heterocycles. The molecule has 6 nitrogen and oxygen atoms in total. The van der Waals surface area contributed by atoms with Gasteiger partial charge >= 0.3 is 5.97 Å². The van der Waals surface area contributed by atoms with Crippen LogP contribution in [0.5, 0.6) is 0 Å². The molecule has 3 aliphatic rings. The molecule has 0 radical (unpaired) electrons. The van der Waals surface area contributed by atoms with Crippen molar-refractivity contribution in [3.63, 3.8) is 0 Å². The van der Waals surface area contributed by atoms with Gasteiger partial charge in [0.2, 0.25) is 10.0 Å². The molecule has 0 aromatic rings. The lowest BCUT2D eigenvalue weighted by molar-refractivity contribution is -0.213. The molecule has 0 aromatic carbocycles. The molecule has 3 atom stereocenters. The molecule has 3 unspecified atom stereocenters. The van der Waals surface area contributed by atoms with Crippen LogP contribution in [0.4, 0.5) is 0 Å². The molecule has 0 N–H and O–H groups in total. The number of rotatable bonds is 4. The standard InChI is InChI=1S/C16H27NO5S/c1-4-23(19,20)17-8-5-11(6-9-17)15(18)22-14-12-7-10-21-13(12)16(14,2)3/h11-14H,4-10H2,1-3H3. The van der Waals surface area contributed by atoms with Gasteiger partial charge in [-0.1, -0.05) is 13.8 Å². The monoisotopic (exact) mass is 345 g/mol. The summed E-state index contributed by atoms with van der Waals surface area (Å²) in [5.74, 6) is 0.0912. The van der Waals surface area contributed by atoms with E-state index in [4.69, 9.17) is 9.47 Å². The Labute approximate surface area is 138 Å². The lowest BCUT2D eigenvalue weighted by atomic mass is 9.59. The molecule has 0 amide bonds. The van der Waals surface area contributed by atoms with Crippen LogP contribution in [0.3, 0.4) is 0 Å². The van der Waals surface area contributed by atoms with Crippen LogP contribution < -0.4 is 0 Å². The SMILES string of the molecule is CCS(=O)(=O)N1CCC(C(=O)OC2C3CCOC3C2(C)C)CC1. The molecule has 23 heavy (non-hydrogen) atoms. The Hall–Kier alpha value is -0.660. The molecular weight excluding hydrogens is 318 g/mol. The maximum absolute atomic E-state index is 12.5. The van der Waals surface area contributed by atoms with Crippen molar-refractivity contribution < 1.29 is 22.7 Å². The fourth-order valence-corrected chi connectivity index (χ4v) is 5.42. The Morgan fingerprint density at radius 2 is 1.91 bits per heavy atom. The molecule has 0 bridgehead atoms. The summed E-state index contributed by atoms with van der Waals surface area (Å²) in [6.07, 6.45) is 2.20. The van der Waals surface area contributed by atoms with E-state index < -0.39 is 10.0 Å². The van der Waals surface area contributed by atoms with Gasteiger partial charge in [0.1, 0.15) is 6.10 Å². The second-order valence-corrected chi connectivity index (χ2v) is 9.75. The summed E-state index contributed by atoms with van der Waals surface area (Å²) >= 11 is 0. The predicted octanol–water partition coefficient (Wildman–Crippen LogP) is 1.40. The maximum atomic E-state index is 12.5. The number of esters is 1. The summed E-state index contributed by atoms with van der Waals surface area (Å²) in [6, 6.07) is 0. The van der Waals surface area contributed by atoms with Crippen LogP contribution in [0.2, 0.25) is 0 Å². The van der Waals surface area contributed by atoms with Crippen molar-refractivity contribution in [2.24, 2.45) is 17.3 Å². The van der Waals surface area contributed by atoms with E-state index in [1.54, 1.807) is 6.92 Å². The molecule has 2 heterocycles. The number of piperidine rings is 1. The summed E-state index contributed by atoms with van der Waals surface area (Å²) in [6.45, 7) is 7.41. The summed E-state index contributed by atoms with van der Waals surface area (Å²) in [5.41, 5.74) is -0.122. The zero-order chi connectivity index (χ0) is 16.8. The van der Waals surface area contributed by atoms with Gasteiger partial charge in [-0.25, -0.2) is 12.7 Å². The molecule has 7 heteroatoms. The van der Waals surface area contributed by atoms with Crippen molar-refractivity contribution in [2.45, 2.75) is 52.2 Å². The van der Waals surface area contributed by atoms with Crippen LogP contribution in [0.15, 0.2) is 0 Å². The van der Waals surface area contributed by atoms with Gasteiger partial charge in [-0.05, 0) is 26.2 Å². The van der Waals surface area contributed by atoms with Crippen molar-refractivity contribution in [2.75, 3.05) is 25.4 Å². The fraction of sp³-hybridized carbons (Fsp3) is 0.938. The van der Waals surface area contributed by atoms with E-state index in [2.05, 4.69) is 13.8 Å². The van der Waals surface area contributed by atoms with Gasteiger partial charge < -0.3 is 9.47 Å². The highest BCUT2D eigenvalue weighted by atomic mass is 32.2. The van der Waals surface area contributed by atoms with E-state index in [0.717, 1.165) is 13.0 Å². The summed E-state index contributed by atoms with van der Waals surface area (Å²) in [7, 11) is -3.15. The maximum Gasteiger partial charge on any atom is 0.309 e. The quantitative estimate of drug-likeness (QED) is 0.720. The van der Waals surface area contributed by atoms with E-state index in [9.17, 15) is 13.2 Å². The average Bonchev–Trinajstić information content (AvgIpc) is 2.99. The number of sulfonamides is 1. The van der Waals surface area contributed by atoms with E-state index in [-0.39, 0.29) is 35.3 Å². The van der Waals surface area contributed by atoms with E-state index in [1.807, 2.05) is 0 Å². The van der Waals surface area contributed by atoms with Crippen molar-refractivity contribution in [1.29, 1.82) is 0 Å². The Kier molecular flexibility index (Phi) is 4.48. The summed E-state index contributed by atoms with van der Waals surface area (Å²) < 4.78 is 36.8. The first-order valence-electron chi connectivity index (χ1n) is 8.57. The molecule has 1 aliphatic carbocycles. The Morgan fingerprint density at radius 1 is 1.26 bits per heavy atom. The van der Waals surface area contributed by atoms with Crippen molar-refractivity contribution in [3.8, 4) is 0 Å². The summed E-state index contributed by atoms with van der Waals surface area (Å²) in [4.78, 5) is 12.5. The van der Waals surface area contributed by atoms with Crippen molar-refractivity contribution in [1.82, 2.24) is 4.31 Å². The van der Waals surface area contributed by atoms with Gasteiger partial charge in [0, 0.05) is 31.0 Å².